The number of nitrogens with zero attached hydrogens (tertiary/aromatic N) is 2. The maximum Gasteiger partial charge on any atom is 0.124 e. The highest BCUT2D eigenvalue weighted by atomic mass is 32.1. The molecule has 2 heterocycles. The Bertz CT molecular complexity index is 2490. The van der Waals surface area contributed by atoms with Crippen molar-refractivity contribution in [2.45, 2.75) is 0 Å². The first-order valence-electron chi connectivity index (χ1n) is 14.9. The first-order chi connectivity index (χ1) is 21.8. The zero-order valence-electron chi connectivity index (χ0n) is 23.8. The molecule has 0 saturated carbocycles. The van der Waals surface area contributed by atoms with Gasteiger partial charge >= 0.3 is 0 Å². The van der Waals surface area contributed by atoms with E-state index in [1.165, 1.54) is 58.9 Å². The number of pyridine rings is 1. The quantitative estimate of drug-likeness (QED) is 0.193. The second-order valence-electron chi connectivity index (χ2n) is 11.2. The third kappa shape index (κ3) is 3.98. The van der Waals surface area contributed by atoms with Gasteiger partial charge in [-0.25, -0.2) is 4.98 Å². The molecule has 0 fully saturated rings. The molecule has 0 saturated heterocycles. The van der Waals surface area contributed by atoms with Gasteiger partial charge < -0.3 is 4.90 Å². The van der Waals surface area contributed by atoms with E-state index in [4.69, 9.17) is 0 Å². The molecule has 9 aromatic rings. The fourth-order valence-corrected chi connectivity index (χ4v) is 7.82. The molecule has 0 spiro atoms. The third-order valence-electron chi connectivity index (χ3n) is 8.69. The van der Waals surface area contributed by atoms with Gasteiger partial charge in [-0.2, -0.15) is 0 Å². The highest BCUT2D eigenvalue weighted by Crippen LogP contribution is 2.42. The first kappa shape index (κ1) is 25.0. The van der Waals surface area contributed by atoms with Crippen LogP contribution in [0.15, 0.2) is 158 Å². The Morgan fingerprint density at radius 2 is 1.14 bits per heavy atom. The Hall–Kier alpha value is -5.51. The number of rotatable bonds is 4. The fraction of sp³-hybridized carbons (Fsp3) is 0. The summed E-state index contributed by atoms with van der Waals surface area (Å²) in [5.74, 6) is 0. The molecule has 3 heteroatoms. The van der Waals surface area contributed by atoms with E-state index in [0.29, 0.717) is 0 Å². The maximum absolute atomic E-state index is 4.62. The molecule has 7 aromatic carbocycles. The Morgan fingerprint density at radius 1 is 0.455 bits per heavy atom. The van der Waals surface area contributed by atoms with Crippen LogP contribution in [0.3, 0.4) is 0 Å². The van der Waals surface area contributed by atoms with Gasteiger partial charge in [0.15, 0.2) is 0 Å². The van der Waals surface area contributed by atoms with E-state index >= 15 is 0 Å². The van der Waals surface area contributed by atoms with E-state index in [1.54, 1.807) is 11.3 Å². The van der Waals surface area contributed by atoms with Gasteiger partial charge in [-0.15, -0.1) is 11.3 Å². The number of hydrogen-bond donors (Lipinski definition) is 0. The summed E-state index contributed by atoms with van der Waals surface area (Å²) in [5, 5.41) is 10.1. The lowest BCUT2D eigenvalue weighted by Crippen LogP contribution is -2.09. The first-order valence-corrected chi connectivity index (χ1v) is 15.7. The number of aromatic nitrogens is 1. The molecule has 0 radical (unpaired) electrons. The van der Waals surface area contributed by atoms with Crippen molar-refractivity contribution in [3.63, 3.8) is 0 Å². The van der Waals surface area contributed by atoms with E-state index in [2.05, 4.69) is 155 Å². The average Bonchev–Trinajstić information content (AvgIpc) is 3.48. The van der Waals surface area contributed by atoms with Crippen molar-refractivity contribution >= 4 is 81.0 Å². The maximum atomic E-state index is 4.62. The lowest BCUT2D eigenvalue weighted by molar-refractivity contribution is 1.29. The van der Waals surface area contributed by atoms with E-state index in [0.717, 1.165) is 21.9 Å². The summed E-state index contributed by atoms with van der Waals surface area (Å²) in [6.45, 7) is 0. The molecule has 2 nitrogen and oxygen atoms in total. The van der Waals surface area contributed by atoms with Crippen LogP contribution in [0.1, 0.15) is 0 Å². The Labute approximate surface area is 259 Å². The van der Waals surface area contributed by atoms with Gasteiger partial charge in [0.1, 0.15) is 4.83 Å². The number of para-hydroxylation sites is 1. The van der Waals surface area contributed by atoms with Crippen LogP contribution in [-0.2, 0) is 0 Å². The van der Waals surface area contributed by atoms with Gasteiger partial charge in [-0.1, -0.05) is 103 Å². The molecule has 44 heavy (non-hydrogen) atoms. The van der Waals surface area contributed by atoms with E-state index < -0.39 is 0 Å². The number of fused-ring (bicyclic) bond motifs is 8. The van der Waals surface area contributed by atoms with Crippen LogP contribution in [0.5, 0.6) is 0 Å². The summed E-state index contributed by atoms with van der Waals surface area (Å²) in [7, 11) is 0. The van der Waals surface area contributed by atoms with Gasteiger partial charge in [0.2, 0.25) is 0 Å². The number of benzene rings is 7. The van der Waals surface area contributed by atoms with Crippen molar-refractivity contribution in [1.82, 2.24) is 4.98 Å². The highest BCUT2D eigenvalue weighted by Gasteiger charge is 2.16. The van der Waals surface area contributed by atoms with Crippen molar-refractivity contribution in [2.75, 3.05) is 4.90 Å². The van der Waals surface area contributed by atoms with E-state index in [-0.39, 0.29) is 0 Å². The van der Waals surface area contributed by atoms with Crippen molar-refractivity contribution in [1.29, 1.82) is 0 Å². The predicted molar refractivity (Wildman–Crippen MR) is 190 cm³/mol. The molecule has 9 rings (SSSR count). The van der Waals surface area contributed by atoms with Crippen LogP contribution in [0.2, 0.25) is 0 Å². The summed E-state index contributed by atoms with van der Waals surface area (Å²) in [5.41, 5.74) is 5.83. The summed E-state index contributed by atoms with van der Waals surface area (Å²) >= 11 is 1.77. The molecule has 0 aliphatic carbocycles. The van der Waals surface area contributed by atoms with E-state index in [9.17, 15) is 0 Å². The Balaban J connectivity index is 1.18. The molecule has 0 aliphatic rings. The smallest absolute Gasteiger partial charge is 0.124 e. The molecule has 0 N–H and O–H groups in total. The van der Waals surface area contributed by atoms with Crippen LogP contribution in [0, 0.1) is 0 Å². The van der Waals surface area contributed by atoms with Crippen LogP contribution >= 0.6 is 11.3 Å². The molecule has 2 aromatic heterocycles. The molecule has 0 amide bonds. The minimum absolute atomic E-state index is 1.08. The topological polar surface area (TPSA) is 16.1 Å². The van der Waals surface area contributed by atoms with Crippen LogP contribution < -0.4 is 4.90 Å². The standard InChI is InChI=1S/C41H26N2S/c1-2-9-31(10-3-1)43(33-23-24-35-30(26-33)18-17-29-16-15-27-8-4-5-11-34(27)39(29)35)32-21-19-28(20-22-32)36-12-6-13-37-38-14-7-25-42-41(38)44-40(36)37/h1-26H. The molecule has 0 bridgehead atoms. The van der Waals surface area contributed by atoms with Gasteiger partial charge in [-0.3, -0.25) is 0 Å². The average molecular weight is 579 g/mol. The van der Waals surface area contributed by atoms with Gasteiger partial charge in [-0.05, 0) is 92.0 Å². The van der Waals surface area contributed by atoms with Crippen molar-refractivity contribution in [3.8, 4) is 11.1 Å². The van der Waals surface area contributed by atoms with Crippen molar-refractivity contribution in [3.05, 3.63) is 158 Å². The zero-order chi connectivity index (χ0) is 29.0. The minimum atomic E-state index is 1.08. The normalized spacial score (nSPS) is 11.6. The number of hydrogen-bond acceptors (Lipinski definition) is 3. The molecular weight excluding hydrogens is 553 g/mol. The van der Waals surface area contributed by atoms with E-state index in [1.807, 2.05) is 12.3 Å². The van der Waals surface area contributed by atoms with Crippen LogP contribution in [0.4, 0.5) is 17.1 Å². The fourth-order valence-electron chi connectivity index (χ4n) is 6.64. The summed E-state index contributed by atoms with van der Waals surface area (Å²) in [4.78, 5) is 8.05. The largest absolute Gasteiger partial charge is 0.310 e. The van der Waals surface area contributed by atoms with Crippen molar-refractivity contribution in [2.24, 2.45) is 0 Å². The van der Waals surface area contributed by atoms with Crippen LogP contribution in [0.25, 0.3) is 63.7 Å². The summed E-state index contributed by atoms with van der Waals surface area (Å²) in [6, 6.07) is 54.9. The lowest BCUT2D eigenvalue weighted by Gasteiger charge is -2.26. The van der Waals surface area contributed by atoms with Crippen molar-refractivity contribution < 1.29 is 0 Å². The Kier molecular flexibility index (Phi) is 5.71. The summed E-state index contributed by atoms with van der Waals surface area (Å²) in [6.07, 6.45) is 1.88. The molecule has 0 aliphatic heterocycles. The molecule has 206 valence electrons. The van der Waals surface area contributed by atoms with Crippen LogP contribution in [-0.4, -0.2) is 4.98 Å². The second-order valence-corrected chi connectivity index (χ2v) is 12.2. The predicted octanol–water partition coefficient (Wildman–Crippen LogP) is 12.0. The molecule has 0 atom stereocenters. The highest BCUT2D eigenvalue weighted by molar-refractivity contribution is 7.26. The zero-order valence-corrected chi connectivity index (χ0v) is 24.6. The Morgan fingerprint density at radius 3 is 2.02 bits per heavy atom. The van der Waals surface area contributed by atoms with Gasteiger partial charge in [0.25, 0.3) is 0 Å². The molecule has 0 unspecified atom stereocenters. The SMILES string of the molecule is c1ccc(N(c2ccc(-c3cccc4c3sc3ncccc34)cc2)c2ccc3c(ccc4ccc5ccccc5c43)c2)cc1. The minimum Gasteiger partial charge on any atom is -0.310 e. The number of thiophene rings is 1. The van der Waals surface area contributed by atoms with Gasteiger partial charge in [0.05, 0.1) is 0 Å². The van der Waals surface area contributed by atoms with Gasteiger partial charge in [0, 0.05) is 38.7 Å². The molecular formula is C41H26N2S. The monoisotopic (exact) mass is 578 g/mol. The lowest BCUT2D eigenvalue weighted by atomic mass is 9.96. The third-order valence-corrected chi connectivity index (χ3v) is 9.86. The number of anilines is 3. The summed E-state index contributed by atoms with van der Waals surface area (Å²) < 4.78 is 1.28. The second kappa shape index (κ2) is 10.0.